The van der Waals surface area contributed by atoms with E-state index in [1.165, 1.54) is 18.9 Å². The Kier molecular flexibility index (Phi) is 3.79. The Balaban J connectivity index is 1.93. The normalized spacial score (nSPS) is 21.8. The van der Waals surface area contributed by atoms with E-state index in [-0.39, 0.29) is 12.8 Å². The van der Waals surface area contributed by atoms with Crippen LogP contribution < -0.4 is 0 Å². The maximum Gasteiger partial charge on any atom is 0.356 e. The number of allylic oxidation sites excluding steroid dienone is 1. The lowest BCUT2D eigenvalue weighted by Crippen LogP contribution is -2.31. The molecule has 1 heterocycles. The van der Waals surface area contributed by atoms with Crippen LogP contribution in [-0.4, -0.2) is 22.8 Å². The summed E-state index contributed by atoms with van der Waals surface area (Å²) in [5, 5.41) is 0.584. The summed E-state index contributed by atoms with van der Waals surface area (Å²) in [5.74, 6) is -1.09. The van der Waals surface area contributed by atoms with Crippen molar-refractivity contribution >= 4 is 17.8 Å². The molecule has 0 radical (unpaired) electrons. The highest BCUT2D eigenvalue weighted by molar-refractivity contribution is 6.02. The molecular weight excluding hydrogens is 234 g/mol. The molecule has 0 aromatic heterocycles. The molecule has 0 bridgehead atoms. The molecule has 0 atom stereocenters. The van der Waals surface area contributed by atoms with Crippen molar-refractivity contribution in [2.75, 3.05) is 0 Å². The second-order valence-corrected chi connectivity index (χ2v) is 4.86. The highest BCUT2D eigenvalue weighted by Gasteiger charge is 2.32. The molecule has 0 N–H and O–H groups in total. The molecule has 2 aliphatic rings. The van der Waals surface area contributed by atoms with Crippen molar-refractivity contribution in [1.82, 2.24) is 5.06 Å². The number of nitrogens with zero attached hydrogens (tertiary/aromatic N) is 1. The zero-order valence-electron chi connectivity index (χ0n) is 10.5. The summed E-state index contributed by atoms with van der Waals surface area (Å²) in [4.78, 5) is 38.9. The Morgan fingerprint density at radius 2 is 1.78 bits per heavy atom. The summed E-state index contributed by atoms with van der Waals surface area (Å²) < 4.78 is 0. The van der Waals surface area contributed by atoms with Crippen LogP contribution in [0.5, 0.6) is 0 Å². The molecule has 0 aromatic rings. The fraction of sp³-hybridized carbons (Fsp3) is 0.615. The quantitative estimate of drug-likeness (QED) is 0.566. The lowest BCUT2D eigenvalue weighted by atomic mass is 9.99. The zero-order chi connectivity index (χ0) is 13.1. The monoisotopic (exact) mass is 251 g/mol. The van der Waals surface area contributed by atoms with E-state index in [1.54, 1.807) is 0 Å². The third-order valence-electron chi connectivity index (χ3n) is 3.53. The van der Waals surface area contributed by atoms with Crippen LogP contribution in [0.1, 0.15) is 45.4 Å². The second-order valence-electron chi connectivity index (χ2n) is 4.86. The van der Waals surface area contributed by atoms with Crippen molar-refractivity contribution in [3.05, 3.63) is 11.6 Å². The molecule has 0 aromatic carbocycles. The van der Waals surface area contributed by atoms with Crippen molar-refractivity contribution in [2.45, 2.75) is 45.4 Å². The van der Waals surface area contributed by atoms with E-state index >= 15 is 0 Å². The van der Waals surface area contributed by atoms with Crippen LogP contribution in [0.3, 0.4) is 0 Å². The topological polar surface area (TPSA) is 63.7 Å². The molecule has 2 fully saturated rings. The van der Waals surface area contributed by atoms with Crippen LogP contribution in [0.15, 0.2) is 11.6 Å². The van der Waals surface area contributed by atoms with Crippen molar-refractivity contribution in [2.24, 2.45) is 5.92 Å². The number of amides is 2. The van der Waals surface area contributed by atoms with Gasteiger partial charge in [-0.25, -0.2) is 4.79 Å². The van der Waals surface area contributed by atoms with Gasteiger partial charge in [0.1, 0.15) is 0 Å². The summed E-state index contributed by atoms with van der Waals surface area (Å²) in [6, 6.07) is 0. The lowest BCUT2D eigenvalue weighted by molar-refractivity contribution is -0.193. The first-order valence-corrected chi connectivity index (χ1v) is 6.34. The molecule has 0 unspecified atom stereocenters. The first kappa shape index (κ1) is 12.8. The largest absolute Gasteiger partial charge is 0.356 e. The Morgan fingerprint density at radius 3 is 2.33 bits per heavy atom. The van der Waals surface area contributed by atoms with Crippen LogP contribution in [0, 0.1) is 5.92 Å². The van der Waals surface area contributed by atoms with Gasteiger partial charge in [-0.15, -0.1) is 5.06 Å². The third-order valence-corrected chi connectivity index (χ3v) is 3.53. The number of carbonyl (C=O) groups is 3. The molecule has 0 spiro atoms. The first-order chi connectivity index (χ1) is 8.58. The van der Waals surface area contributed by atoms with Crippen LogP contribution >= 0.6 is 0 Å². The highest BCUT2D eigenvalue weighted by atomic mass is 16.7. The van der Waals surface area contributed by atoms with Gasteiger partial charge < -0.3 is 4.84 Å². The molecule has 98 valence electrons. The SMILES string of the molecule is C/C(=C/C(=O)ON1C(=O)CCC1=O)C1CCCC1. The Hall–Kier alpha value is -1.65. The minimum atomic E-state index is -0.636. The Morgan fingerprint density at radius 1 is 1.22 bits per heavy atom. The summed E-state index contributed by atoms with van der Waals surface area (Å²) in [6.07, 6.45) is 6.21. The fourth-order valence-corrected chi connectivity index (χ4v) is 2.46. The van der Waals surface area contributed by atoms with E-state index in [2.05, 4.69) is 0 Å². The Labute approximate surface area is 106 Å². The van der Waals surface area contributed by atoms with E-state index < -0.39 is 17.8 Å². The maximum absolute atomic E-state index is 11.6. The molecular formula is C13H17NO4. The molecule has 18 heavy (non-hydrogen) atoms. The van der Waals surface area contributed by atoms with Gasteiger partial charge in [-0.2, -0.15) is 0 Å². The van der Waals surface area contributed by atoms with Gasteiger partial charge in [0.15, 0.2) is 0 Å². The van der Waals surface area contributed by atoms with E-state index in [9.17, 15) is 14.4 Å². The first-order valence-electron chi connectivity index (χ1n) is 6.34. The van der Waals surface area contributed by atoms with Gasteiger partial charge in [-0.05, 0) is 25.7 Å². The van der Waals surface area contributed by atoms with Gasteiger partial charge in [0.25, 0.3) is 11.8 Å². The minimum Gasteiger partial charge on any atom is -0.326 e. The van der Waals surface area contributed by atoms with Gasteiger partial charge in [0.05, 0.1) is 0 Å². The van der Waals surface area contributed by atoms with E-state index in [1.807, 2.05) is 6.92 Å². The molecule has 5 heteroatoms. The van der Waals surface area contributed by atoms with Crippen LogP contribution in [0.4, 0.5) is 0 Å². The van der Waals surface area contributed by atoms with Gasteiger partial charge in [0.2, 0.25) is 0 Å². The smallest absolute Gasteiger partial charge is 0.326 e. The minimum absolute atomic E-state index is 0.122. The number of imide groups is 1. The highest BCUT2D eigenvalue weighted by Crippen LogP contribution is 2.30. The summed E-state index contributed by atoms with van der Waals surface area (Å²) >= 11 is 0. The van der Waals surface area contributed by atoms with Crippen molar-refractivity contribution in [3.63, 3.8) is 0 Å². The summed E-state index contributed by atoms with van der Waals surface area (Å²) in [6.45, 7) is 1.89. The number of carbonyl (C=O) groups excluding carboxylic acids is 3. The van der Waals surface area contributed by atoms with Crippen molar-refractivity contribution < 1.29 is 19.2 Å². The van der Waals surface area contributed by atoms with E-state index in [0.717, 1.165) is 18.4 Å². The average Bonchev–Trinajstić information content (AvgIpc) is 2.94. The Bertz CT molecular complexity index is 391. The molecule has 2 amide bonds. The van der Waals surface area contributed by atoms with Crippen LogP contribution in [0.2, 0.25) is 0 Å². The van der Waals surface area contributed by atoms with Crippen molar-refractivity contribution in [1.29, 1.82) is 0 Å². The maximum atomic E-state index is 11.6. The molecule has 5 nitrogen and oxygen atoms in total. The zero-order valence-corrected chi connectivity index (χ0v) is 10.5. The summed E-state index contributed by atoms with van der Waals surface area (Å²) in [7, 11) is 0. The van der Waals surface area contributed by atoms with Crippen LogP contribution in [-0.2, 0) is 19.2 Å². The van der Waals surface area contributed by atoms with Crippen molar-refractivity contribution in [3.8, 4) is 0 Å². The van der Waals surface area contributed by atoms with Crippen LogP contribution in [0.25, 0.3) is 0 Å². The molecule has 2 rings (SSSR count). The number of hydroxylamine groups is 2. The molecule has 1 saturated heterocycles. The average molecular weight is 251 g/mol. The van der Waals surface area contributed by atoms with E-state index in [0.29, 0.717) is 11.0 Å². The third kappa shape index (κ3) is 2.78. The second kappa shape index (κ2) is 5.33. The lowest BCUT2D eigenvalue weighted by Gasteiger charge is -2.13. The number of hydrogen-bond donors (Lipinski definition) is 0. The van der Waals surface area contributed by atoms with Gasteiger partial charge in [-0.1, -0.05) is 18.4 Å². The predicted octanol–water partition coefficient (Wildman–Crippen LogP) is 1.73. The van der Waals surface area contributed by atoms with Gasteiger partial charge >= 0.3 is 5.97 Å². The standard InChI is InChI=1S/C13H17NO4/c1-9(10-4-2-3-5-10)8-13(17)18-14-11(15)6-7-12(14)16/h8,10H,2-7H2,1H3/b9-8-. The fourth-order valence-electron chi connectivity index (χ4n) is 2.46. The summed E-state index contributed by atoms with van der Waals surface area (Å²) in [5.41, 5.74) is 0.969. The molecule has 1 aliphatic heterocycles. The van der Waals surface area contributed by atoms with Gasteiger partial charge in [0, 0.05) is 18.9 Å². The predicted molar refractivity (Wildman–Crippen MR) is 62.9 cm³/mol. The molecule has 1 saturated carbocycles. The van der Waals surface area contributed by atoms with E-state index in [4.69, 9.17) is 4.84 Å². The van der Waals surface area contributed by atoms with Gasteiger partial charge in [-0.3, -0.25) is 9.59 Å². The number of hydrogen-bond acceptors (Lipinski definition) is 4. The number of rotatable bonds is 3. The molecule has 1 aliphatic carbocycles.